The lowest BCUT2D eigenvalue weighted by Crippen LogP contribution is -2.29. The van der Waals surface area contributed by atoms with E-state index in [9.17, 15) is 14.7 Å². The van der Waals surface area contributed by atoms with E-state index in [4.69, 9.17) is 16.3 Å². The fourth-order valence-corrected chi connectivity index (χ4v) is 6.27. The Bertz CT molecular complexity index is 1540. The SMILES string of the molecule is CCCOc1cccc(C2C(=C(O)c3ccncc3)C(=O)C(=O)N2c2nnc(SCc3ccccc3Cl)s2)c1. The van der Waals surface area contributed by atoms with Crippen molar-refractivity contribution in [3.63, 3.8) is 0 Å². The van der Waals surface area contributed by atoms with E-state index in [0.717, 1.165) is 12.0 Å². The number of aromatic nitrogens is 3. The highest BCUT2D eigenvalue weighted by Gasteiger charge is 2.48. The number of nitrogens with zero attached hydrogens (tertiary/aromatic N) is 4. The average molecular weight is 579 g/mol. The maximum Gasteiger partial charge on any atom is 0.301 e. The first-order chi connectivity index (χ1) is 19.0. The molecule has 1 aliphatic heterocycles. The van der Waals surface area contributed by atoms with Gasteiger partial charge in [-0.25, -0.2) is 0 Å². The summed E-state index contributed by atoms with van der Waals surface area (Å²) in [7, 11) is 0. The Balaban J connectivity index is 1.54. The fourth-order valence-electron chi connectivity index (χ4n) is 4.12. The molecule has 0 spiro atoms. The minimum Gasteiger partial charge on any atom is -0.507 e. The summed E-state index contributed by atoms with van der Waals surface area (Å²) < 4.78 is 6.41. The molecule has 11 heteroatoms. The first-order valence-electron chi connectivity index (χ1n) is 12.1. The van der Waals surface area contributed by atoms with Crippen molar-refractivity contribution in [1.29, 1.82) is 0 Å². The summed E-state index contributed by atoms with van der Waals surface area (Å²) in [6.45, 7) is 2.52. The van der Waals surface area contributed by atoms with E-state index in [0.29, 0.717) is 38.6 Å². The first-order valence-corrected chi connectivity index (χ1v) is 14.3. The van der Waals surface area contributed by atoms with Crippen molar-refractivity contribution in [3.8, 4) is 5.75 Å². The number of carbonyl (C=O) groups is 2. The third-order valence-electron chi connectivity index (χ3n) is 5.96. The summed E-state index contributed by atoms with van der Waals surface area (Å²) in [4.78, 5) is 32.1. The molecule has 1 N–H and O–H groups in total. The molecular formula is C28H23ClN4O4S2. The summed E-state index contributed by atoms with van der Waals surface area (Å²) >= 11 is 8.91. The molecule has 0 saturated carbocycles. The average Bonchev–Trinajstić information content (AvgIpc) is 3.53. The van der Waals surface area contributed by atoms with E-state index in [2.05, 4.69) is 15.2 Å². The lowest BCUT2D eigenvalue weighted by atomic mass is 9.95. The topological polar surface area (TPSA) is 106 Å². The number of hydrogen-bond donors (Lipinski definition) is 1. The molecule has 0 radical (unpaired) electrons. The second-order valence-corrected chi connectivity index (χ2v) is 11.1. The van der Waals surface area contributed by atoms with Gasteiger partial charge in [0.05, 0.1) is 18.2 Å². The molecule has 1 amide bonds. The second kappa shape index (κ2) is 12.0. The molecule has 1 atom stereocenters. The highest BCUT2D eigenvalue weighted by molar-refractivity contribution is 8.00. The first kappa shape index (κ1) is 26.9. The quantitative estimate of drug-likeness (QED) is 0.0811. The number of pyridine rings is 1. The number of rotatable bonds is 9. The maximum absolute atomic E-state index is 13.4. The van der Waals surface area contributed by atoms with E-state index < -0.39 is 17.7 Å². The number of aliphatic hydroxyl groups excluding tert-OH is 1. The number of aliphatic hydroxyl groups is 1. The number of halogens is 1. The van der Waals surface area contributed by atoms with Gasteiger partial charge in [0, 0.05) is 28.7 Å². The van der Waals surface area contributed by atoms with E-state index in [-0.39, 0.29) is 16.5 Å². The Kier molecular flexibility index (Phi) is 8.25. The number of thioether (sulfide) groups is 1. The molecule has 3 heterocycles. The van der Waals surface area contributed by atoms with Crippen molar-refractivity contribution < 1.29 is 19.4 Å². The summed E-state index contributed by atoms with van der Waals surface area (Å²) in [5.74, 6) is -0.739. The van der Waals surface area contributed by atoms with Gasteiger partial charge in [-0.15, -0.1) is 10.2 Å². The molecule has 2 aromatic heterocycles. The van der Waals surface area contributed by atoms with Gasteiger partial charge in [0.15, 0.2) is 4.34 Å². The Morgan fingerprint density at radius 2 is 1.90 bits per heavy atom. The third kappa shape index (κ3) is 5.68. The van der Waals surface area contributed by atoms with E-state index >= 15 is 0 Å². The van der Waals surface area contributed by atoms with Gasteiger partial charge in [0.1, 0.15) is 11.5 Å². The molecule has 1 unspecified atom stereocenters. The van der Waals surface area contributed by atoms with Gasteiger partial charge in [-0.1, -0.05) is 72.0 Å². The van der Waals surface area contributed by atoms with Gasteiger partial charge in [0.2, 0.25) is 5.13 Å². The van der Waals surface area contributed by atoms with Crippen LogP contribution in [0.5, 0.6) is 5.75 Å². The normalized spacial score (nSPS) is 16.6. The van der Waals surface area contributed by atoms with Gasteiger partial charge in [-0.3, -0.25) is 19.5 Å². The number of anilines is 1. The zero-order valence-corrected chi connectivity index (χ0v) is 23.2. The van der Waals surface area contributed by atoms with Crippen LogP contribution < -0.4 is 9.64 Å². The van der Waals surface area contributed by atoms with Gasteiger partial charge in [-0.2, -0.15) is 0 Å². The maximum atomic E-state index is 13.4. The fraction of sp³-hybridized carbons (Fsp3) is 0.179. The third-order valence-corrected chi connectivity index (χ3v) is 8.43. The van der Waals surface area contributed by atoms with Crippen molar-refractivity contribution in [1.82, 2.24) is 15.2 Å². The lowest BCUT2D eigenvalue weighted by molar-refractivity contribution is -0.132. The number of ketones is 1. The molecule has 2 aromatic carbocycles. The monoisotopic (exact) mass is 578 g/mol. The molecular weight excluding hydrogens is 556 g/mol. The van der Waals surface area contributed by atoms with Crippen LogP contribution >= 0.6 is 34.7 Å². The molecule has 0 bridgehead atoms. The lowest BCUT2D eigenvalue weighted by Gasteiger charge is -2.23. The summed E-state index contributed by atoms with van der Waals surface area (Å²) in [5, 5.41) is 20.6. The van der Waals surface area contributed by atoms with Crippen LogP contribution in [-0.4, -0.2) is 38.6 Å². The zero-order valence-electron chi connectivity index (χ0n) is 20.8. The van der Waals surface area contributed by atoms with Crippen molar-refractivity contribution in [2.24, 2.45) is 0 Å². The minimum atomic E-state index is -0.933. The number of ether oxygens (including phenoxy) is 1. The standard InChI is InChI=1S/C28H23ClN4O4S2/c1-2-14-37-20-8-5-7-18(15-20)23-22(24(34)17-10-12-30-13-11-17)25(35)26(36)33(23)27-31-32-28(39-27)38-16-19-6-3-4-9-21(19)29/h3-13,15,23,34H,2,14,16H2,1H3. The highest BCUT2D eigenvalue weighted by atomic mass is 35.5. The Hall–Kier alpha value is -3.73. The van der Waals surface area contributed by atoms with Crippen LogP contribution in [0.1, 0.15) is 36.1 Å². The number of amides is 1. The smallest absolute Gasteiger partial charge is 0.301 e. The Labute approximate surface area is 238 Å². The van der Waals surface area contributed by atoms with Gasteiger partial charge < -0.3 is 9.84 Å². The molecule has 1 saturated heterocycles. The number of hydrogen-bond acceptors (Lipinski definition) is 9. The molecule has 4 aromatic rings. The van der Waals surface area contributed by atoms with Crippen molar-refractivity contribution in [2.75, 3.05) is 11.5 Å². The van der Waals surface area contributed by atoms with E-state index in [1.54, 1.807) is 30.3 Å². The van der Waals surface area contributed by atoms with E-state index in [1.807, 2.05) is 37.3 Å². The van der Waals surface area contributed by atoms with Crippen LogP contribution in [-0.2, 0) is 15.3 Å². The molecule has 39 heavy (non-hydrogen) atoms. The van der Waals surface area contributed by atoms with Crippen LogP contribution in [0.4, 0.5) is 5.13 Å². The summed E-state index contributed by atoms with van der Waals surface area (Å²) in [6.07, 6.45) is 3.84. The second-order valence-electron chi connectivity index (χ2n) is 8.56. The largest absolute Gasteiger partial charge is 0.507 e. The molecule has 1 fully saturated rings. The van der Waals surface area contributed by atoms with Crippen molar-refractivity contribution in [3.05, 3.63) is 100 Å². The molecule has 198 valence electrons. The van der Waals surface area contributed by atoms with Crippen LogP contribution in [0.25, 0.3) is 5.76 Å². The predicted octanol–water partition coefficient (Wildman–Crippen LogP) is 6.29. The Morgan fingerprint density at radius 1 is 1.10 bits per heavy atom. The van der Waals surface area contributed by atoms with Crippen molar-refractivity contribution in [2.45, 2.75) is 29.5 Å². The van der Waals surface area contributed by atoms with Crippen LogP contribution in [0.2, 0.25) is 5.02 Å². The van der Waals surface area contributed by atoms with E-state index in [1.165, 1.54) is 40.4 Å². The predicted molar refractivity (Wildman–Crippen MR) is 152 cm³/mol. The van der Waals surface area contributed by atoms with Crippen molar-refractivity contribution >= 4 is 57.3 Å². The zero-order chi connectivity index (χ0) is 27.4. The Morgan fingerprint density at radius 3 is 2.67 bits per heavy atom. The molecule has 0 aliphatic carbocycles. The van der Waals surface area contributed by atoms with Crippen LogP contribution in [0, 0.1) is 0 Å². The molecule has 1 aliphatic rings. The summed E-state index contributed by atoms with van der Waals surface area (Å²) in [6, 6.07) is 16.9. The number of benzene rings is 2. The number of Topliss-reactive ketones (excluding diaryl/α,β-unsaturated/α-hetero) is 1. The number of carbonyl (C=O) groups excluding carboxylic acids is 2. The minimum absolute atomic E-state index is 0.0423. The van der Waals surface area contributed by atoms with Gasteiger partial charge in [-0.05, 0) is 47.9 Å². The molecule has 5 rings (SSSR count). The van der Waals surface area contributed by atoms with Gasteiger partial charge >= 0.3 is 5.91 Å². The highest BCUT2D eigenvalue weighted by Crippen LogP contribution is 2.44. The van der Waals surface area contributed by atoms with Gasteiger partial charge in [0.25, 0.3) is 5.78 Å². The summed E-state index contributed by atoms with van der Waals surface area (Å²) in [5.41, 5.74) is 1.88. The van der Waals surface area contributed by atoms with Crippen LogP contribution in [0.15, 0.2) is 83.0 Å². The van der Waals surface area contributed by atoms with Crippen LogP contribution in [0.3, 0.4) is 0 Å². The molecule has 8 nitrogen and oxygen atoms in total.